The van der Waals surface area contributed by atoms with E-state index in [4.69, 9.17) is 21.3 Å². The van der Waals surface area contributed by atoms with Crippen LogP contribution in [0.3, 0.4) is 0 Å². The maximum Gasteiger partial charge on any atom is 0.145 e. The summed E-state index contributed by atoms with van der Waals surface area (Å²) < 4.78 is 22.1. The Balaban J connectivity index is 1.62. The minimum absolute atomic E-state index is 0.173. The third-order valence-corrected chi connectivity index (χ3v) is 6.20. The van der Waals surface area contributed by atoms with E-state index in [2.05, 4.69) is 16.0 Å². The Morgan fingerprint density at radius 1 is 1.30 bits per heavy atom. The molecule has 5 rings (SSSR count). The Morgan fingerprint density at radius 2 is 2.13 bits per heavy atom. The highest BCUT2D eigenvalue weighted by Crippen LogP contribution is 2.41. The molecule has 6 heteroatoms. The molecule has 1 saturated carbocycles. The third kappa shape index (κ3) is 3.37. The predicted octanol–water partition coefficient (Wildman–Crippen LogP) is 6.07. The molecule has 2 aromatic carbocycles. The van der Waals surface area contributed by atoms with E-state index in [0.29, 0.717) is 12.5 Å². The lowest BCUT2D eigenvalue weighted by Crippen LogP contribution is -2.28. The van der Waals surface area contributed by atoms with Gasteiger partial charge in [0.05, 0.1) is 29.7 Å². The van der Waals surface area contributed by atoms with E-state index in [1.807, 2.05) is 31.5 Å². The smallest absolute Gasteiger partial charge is 0.145 e. The standard InChI is InChI=1S/C24H23ClFN3O/c1-3-15-10-20(24-21(11-15)30-9-8-28(24)2)27-13-18-12-17-6-7-19(26)22(25)23(17)29(18)14-16-4-5-16/h3,6-7,10-13,16H,1,4-5,8-9,14H2,2H3. The summed E-state index contributed by atoms with van der Waals surface area (Å²) in [4.78, 5) is 6.99. The van der Waals surface area contributed by atoms with Crippen LogP contribution in [0.5, 0.6) is 5.75 Å². The first-order chi connectivity index (χ1) is 14.5. The van der Waals surface area contributed by atoms with Gasteiger partial charge in [-0.1, -0.05) is 24.3 Å². The lowest BCUT2D eigenvalue weighted by atomic mass is 10.1. The third-order valence-electron chi connectivity index (χ3n) is 5.84. The van der Waals surface area contributed by atoms with Gasteiger partial charge in [-0.15, -0.1) is 0 Å². The normalized spacial score (nSPS) is 16.2. The van der Waals surface area contributed by atoms with Crippen LogP contribution in [0.2, 0.25) is 5.02 Å². The van der Waals surface area contributed by atoms with Gasteiger partial charge >= 0.3 is 0 Å². The van der Waals surface area contributed by atoms with Crippen LogP contribution in [0.4, 0.5) is 15.8 Å². The fraction of sp³-hybridized carbons (Fsp3) is 0.292. The number of fused-ring (bicyclic) bond motifs is 2. The van der Waals surface area contributed by atoms with E-state index >= 15 is 0 Å². The molecular weight excluding hydrogens is 401 g/mol. The highest BCUT2D eigenvalue weighted by atomic mass is 35.5. The summed E-state index contributed by atoms with van der Waals surface area (Å²) in [6.07, 6.45) is 6.03. The largest absolute Gasteiger partial charge is 0.489 e. The lowest BCUT2D eigenvalue weighted by Gasteiger charge is -2.29. The van der Waals surface area contributed by atoms with E-state index < -0.39 is 5.82 Å². The van der Waals surface area contributed by atoms with Gasteiger partial charge in [-0.3, -0.25) is 4.99 Å². The summed E-state index contributed by atoms with van der Waals surface area (Å²) in [5.74, 6) is 1.04. The number of likely N-dealkylation sites (N-methyl/N-ethyl adjacent to an activating group) is 1. The fourth-order valence-corrected chi connectivity index (χ4v) is 4.31. The molecule has 154 valence electrons. The molecule has 1 aliphatic heterocycles. The van der Waals surface area contributed by atoms with E-state index in [1.165, 1.54) is 18.9 Å². The van der Waals surface area contributed by atoms with Crippen LogP contribution in [0.25, 0.3) is 17.0 Å². The van der Waals surface area contributed by atoms with E-state index in [9.17, 15) is 4.39 Å². The number of nitrogens with zero attached hydrogens (tertiary/aromatic N) is 3. The van der Waals surface area contributed by atoms with Crippen LogP contribution in [0.1, 0.15) is 24.1 Å². The summed E-state index contributed by atoms with van der Waals surface area (Å²) in [5.41, 5.74) is 4.41. The number of hydrogen-bond donors (Lipinski definition) is 0. The minimum Gasteiger partial charge on any atom is -0.489 e. The van der Waals surface area contributed by atoms with E-state index in [-0.39, 0.29) is 5.02 Å². The Morgan fingerprint density at radius 3 is 2.90 bits per heavy atom. The van der Waals surface area contributed by atoms with Crippen molar-refractivity contribution >= 4 is 46.2 Å². The molecular formula is C24H23ClFN3O. The van der Waals surface area contributed by atoms with Crippen LogP contribution in [0, 0.1) is 11.7 Å². The zero-order chi connectivity index (χ0) is 20.8. The van der Waals surface area contributed by atoms with Gasteiger partial charge in [-0.25, -0.2) is 4.39 Å². The second-order valence-electron chi connectivity index (χ2n) is 8.04. The molecule has 0 saturated heterocycles. The average Bonchev–Trinajstić information content (AvgIpc) is 3.49. The van der Waals surface area contributed by atoms with Crippen LogP contribution < -0.4 is 9.64 Å². The molecule has 0 radical (unpaired) electrons. The van der Waals surface area contributed by atoms with Gasteiger partial charge in [0, 0.05) is 19.0 Å². The van der Waals surface area contributed by atoms with Crippen LogP contribution in [0.15, 0.2) is 41.9 Å². The molecule has 1 fully saturated rings. The van der Waals surface area contributed by atoms with Crippen LogP contribution >= 0.6 is 11.6 Å². The van der Waals surface area contributed by atoms with E-state index in [1.54, 1.807) is 12.1 Å². The highest BCUT2D eigenvalue weighted by molar-refractivity contribution is 6.35. The second kappa shape index (κ2) is 7.47. The number of halogens is 2. The van der Waals surface area contributed by atoms with Crippen molar-refractivity contribution < 1.29 is 9.13 Å². The number of hydrogen-bond acceptors (Lipinski definition) is 3. The molecule has 0 amide bonds. The molecule has 1 aromatic heterocycles. The van der Waals surface area contributed by atoms with Crippen molar-refractivity contribution in [3.63, 3.8) is 0 Å². The fourth-order valence-electron chi connectivity index (χ4n) is 4.04. The molecule has 0 unspecified atom stereocenters. The summed E-state index contributed by atoms with van der Waals surface area (Å²) in [7, 11) is 2.04. The van der Waals surface area contributed by atoms with Gasteiger partial charge in [0.15, 0.2) is 0 Å². The number of benzene rings is 2. The van der Waals surface area contributed by atoms with Crippen molar-refractivity contribution in [1.82, 2.24) is 4.57 Å². The number of ether oxygens (including phenoxy) is 1. The number of aromatic nitrogens is 1. The minimum atomic E-state index is -0.394. The lowest BCUT2D eigenvalue weighted by molar-refractivity contribution is 0.311. The monoisotopic (exact) mass is 423 g/mol. The van der Waals surface area contributed by atoms with Gasteiger partial charge in [0.2, 0.25) is 0 Å². The molecule has 2 heterocycles. The number of aliphatic imine (C=N–C) groups is 1. The number of anilines is 1. The summed E-state index contributed by atoms with van der Waals surface area (Å²) in [5, 5.41) is 1.10. The van der Waals surface area contributed by atoms with Crippen molar-refractivity contribution in [1.29, 1.82) is 0 Å². The van der Waals surface area contributed by atoms with Gasteiger partial charge in [-0.2, -0.15) is 0 Å². The van der Waals surface area contributed by atoms with Crippen molar-refractivity contribution in [2.75, 3.05) is 25.1 Å². The SMILES string of the molecule is C=Cc1cc(N=Cc2cc3ccc(F)c(Cl)c3n2CC2CC2)c2c(c1)OCCN2C. The summed E-state index contributed by atoms with van der Waals surface area (Å²) in [6.45, 7) is 6.16. The molecule has 0 bridgehead atoms. The molecule has 4 nitrogen and oxygen atoms in total. The second-order valence-corrected chi connectivity index (χ2v) is 8.42. The maximum absolute atomic E-state index is 14.1. The first-order valence-corrected chi connectivity index (χ1v) is 10.6. The average molecular weight is 424 g/mol. The topological polar surface area (TPSA) is 29.8 Å². The Bertz CT molecular complexity index is 1180. The quantitative estimate of drug-likeness (QED) is 0.466. The summed E-state index contributed by atoms with van der Waals surface area (Å²) >= 11 is 6.34. The molecule has 2 aliphatic rings. The Labute approximate surface area is 180 Å². The first-order valence-electron chi connectivity index (χ1n) is 10.2. The van der Waals surface area contributed by atoms with Gasteiger partial charge in [-0.05, 0) is 54.7 Å². The molecule has 1 aliphatic carbocycles. The zero-order valence-corrected chi connectivity index (χ0v) is 17.6. The van der Waals surface area contributed by atoms with Crippen molar-refractivity contribution in [2.45, 2.75) is 19.4 Å². The first kappa shape index (κ1) is 19.2. The Kier molecular flexibility index (Phi) is 4.78. The Hall–Kier alpha value is -2.79. The van der Waals surface area contributed by atoms with Gasteiger partial charge in [0.25, 0.3) is 0 Å². The highest BCUT2D eigenvalue weighted by Gasteiger charge is 2.25. The van der Waals surface area contributed by atoms with Crippen molar-refractivity contribution in [2.24, 2.45) is 10.9 Å². The van der Waals surface area contributed by atoms with Crippen molar-refractivity contribution in [3.8, 4) is 5.75 Å². The van der Waals surface area contributed by atoms with Gasteiger partial charge in [0.1, 0.15) is 28.9 Å². The van der Waals surface area contributed by atoms with Crippen LogP contribution in [-0.4, -0.2) is 31.0 Å². The molecule has 3 aromatic rings. The van der Waals surface area contributed by atoms with Crippen molar-refractivity contribution in [3.05, 3.63) is 59.0 Å². The molecule has 0 atom stereocenters. The zero-order valence-electron chi connectivity index (χ0n) is 16.9. The predicted molar refractivity (Wildman–Crippen MR) is 122 cm³/mol. The molecule has 0 spiro atoms. The summed E-state index contributed by atoms with van der Waals surface area (Å²) in [6, 6.07) is 9.22. The number of rotatable bonds is 5. The molecule has 30 heavy (non-hydrogen) atoms. The molecule has 0 N–H and O–H groups in total. The van der Waals surface area contributed by atoms with Crippen LogP contribution in [-0.2, 0) is 6.54 Å². The van der Waals surface area contributed by atoms with Gasteiger partial charge < -0.3 is 14.2 Å². The van der Waals surface area contributed by atoms with E-state index in [0.717, 1.165) is 52.4 Å². The maximum atomic E-state index is 14.1.